The van der Waals surface area contributed by atoms with Crippen LogP contribution in [0.25, 0.3) is 10.6 Å². The fourth-order valence-corrected chi connectivity index (χ4v) is 4.50. The number of hydrogen-bond acceptors (Lipinski definition) is 3. The molecular weight excluding hydrogens is 368 g/mol. The van der Waals surface area contributed by atoms with Gasteiger partial charge in [-0.3, -0.25) is 4.68 Å². The number of hydrogen-bond donors (Lipinski definition) is 2. The number of benzene rings is 1. The first kappa shape index (κ1) is 18.7. The molecular formula is C22H26N4OS. The number of carbonyl (C=O) groups is 1. The van der Waals surface area contributed by atoms with Gasteiger partial charge in [0.15, 0.2) is 0 Å². The number of thiophene rings is 1. The molecule has 1 aromatic carbocycles. The summed E-state index contributed by atoms with van der Waals surface area (Å²) in [4.78, 5) is 13.4. The van der Waals surface area contributed by atoms with Gasteiger partial charge < -0.3 is 10.6 Å². The highest BCUT2D eigenvalue weighted by atomic mass is 32.1. The van der Waals surface area contributed by atoms with Crippen LogP contribution in [0.15, 0.2) is 53.9 Å². The van der Waals surface area contributed by atoms with Crippen molar-refractivity contribution in [3.63, 3.8) is 0 Å². The molecule has 3 aromatic rings. The monoisotopic (exact) mass is 394 g/mol. The van der Waals surface area contributed by atoms with Crippen LogP contribution in [-0.4, -0.2) is 22.4 Å². The molecule has 0 unspecified atom stereocenters. The van der Waals surface area contributed by atoms with Gasteiger partial charge in [-0.1, -0.05) is 49.2 Å². The van der Waals surface area contributed by atoms with E-state index >= 15 is 0 Å². The standard InChI is InChI=1S/C22H26N4OS/c27-22(23-13-12-17-7-2-1-3-8-17)24-16-18-15-20(21-11-6-14-28-21)26(25-18)19-9-4-5-10-19/h1-3,6-8,11,14-15,19H,4-5,9-10,12-13,16H2,(H2,23,24,27). The van der Waals surface area contributed by atoms with Crippen LogP contribution < -0.4 is 10.6 Å². The number of urea groups is 1. The summed E-state index contributed by atoms with van der Waals surface area (Å²) in [7, 11) is 0. The lowest BCUT2D eigenvalue weighted by Crippen LogP contribution is -2.36. The Kier molecular flexibility index (Phi) is 6.07. The van der Waals surface area contributed by atoms with Crippen molar-refractivity contribution in [2.75, 3.05) is 6.54 Å². The SMILES string of the molecule is O=C(NCCc1ccccc1)NCc1cc(-c2cccs2)n(C2CCCC2)n1. The largest absolute Gasteiger partial charge is 0.338 e. The van der Waals surface area contributed by atoms with Crippen LogP contribution in [-0.2, 0) is 13.0 Å². The van der Waals surface area contributed by atoms with E-state index in [1.807, 2.05) is 18.2 Å². The normalized spacial score (nSPS) is 14.3. The molecule has 5 nitrogen and oxygen atoms in total. The topological polar surface area (TPSA) is 59.0 Å². The summed E-state index contributed by atoms with van der Waals surface area (Å²) in [5.41, 5.74) is 3.30. The van der Waals surface area contributed by atoms with Crippen molar-refractivity contribution in [2.24, 2.45) is 0 Å². The Hall–Kier alpha value is -2.60. The molecule has 146 valence electrons. The number of aromatic nitrogens is 2. The van der Waals surface area contributed by atoms with Gasteiger partial charge in [-0.2, -0.15) is 5.10 Å². The molecule has 0 aliphatic heterocycles. The van der Waals surface area contributed by atoms with Gasteiger partial charge in [0.05, 0.1) is 28.9 Å². The molecule has 2 heterocycles. The molecule has 0 radical (unpaired) electrons. The van der Waals surface area contributed by atoms with E-state index in [2.05, 4.69) is 51.0 Å². The summed E-state index contributed by atoms with van der Waals surface area (Å²) in [6, 6.07) is 16.8. The predicted molar refractivity (Wildman–Crippen MR) is 113 cm³/mol. The second kappa shape index (κ2) is 9.06. The third-order valence-corrected chi connectivity index (χ3v) is 6.10. The van der Waals surface area contributed by atoms with Gasteiger partial charge in [0.25, 0.3) is 0 Å². The molecule has 1 fully saturated rings. The molecule has 6 heteroatoms. The molecule has 28 heavy (non-hydrogen) atoms. The first-order chi connectivity index (χ1) is 13.8. The average molecular weight is 395 g/mol. The zero-order chi connectivity index (χ0) is 19.2. The molecule has 1 aliphatic carbocycles. The Morgan fingerprint density at radius 2 is 1.93 bits per heavy atom. The van der Waals surface area contributed by atoms with Gasteiger partial charge in [0.1, 0.15) is 0 Å². The molecule has 0 atom stereocenters. The van der Waals surface area contributed by atoms with Crippen molar-refractivity contribution in [1.82, 2.24) is 20.4 Å². The number of carbonyl (C=O) groups excluding carboxylic acids is 1. The van der Waals surface area contributed by atoms with E-state index in [1.165, 1.54) is 41.8 Å². The Morgan fingerprint density at radius 1 is 1.11 bits per heavy atom. The molecule has 2 aromatic heterocycles. The van der Waals surface area contributed by atoms with Crippen LogP contribution in [0, 0.1) is 0 Å². The number of nitrogens with zero attached hydrogens (tertiary/aromatic N) is 2. The van der Waals surface area contributed by atoms with E-state index in [-0.39, 0.29) is 6.03 Å². The number of nitrogens with one attached hydrogen (secondary N) is 2. The first-order valence-electron chi connectivity index (χ1n) is 9.97. The molecule has 2 N–H and O–H groups in total. The van der Waals surface area contributed by atoms with Gasteiger partial charge in [-0.15, -0.1) is 11.3 Å². The van der Waals surface area contributed by atoms with Crippen molar-refractivity contribution in [1.29, 1.82) is 0 Å². The summed E-state index contributed by atoms with van der Waals surface area (Å²) in [6.07, 6.45) is 5.74. The van der Waals surface area contributed by atoms with Crippen molar-refractivity contribution >= 4 is 17.4 Å². The zero-order valence-corrected chi connectivity index (χ0v) is 16.8. The summed E-state index contributed by atoms with van der Waals surface area (Å²) >= 11 is 1.74. The molecule has 1 aliphatic rings. The number of rotatable bonds is 7. The minimum absolute atomic E-state index is 0.149. The Balaban J connectivity index is 1.34. The maximum atomic E-state index is 12.1. The first-order valence-corrected chi connectivity index (χ1v) is 10.9. The molecule has 1 saturated carbocycles. The molecule has 0 saturated heterocycles. The quantitative estimate of drug-likeness (QED) is 0.606. The predicted octanol–water partition coefficient (Wildman–Crippen LogP) is 4.77. The van der Waals surface area contributed by atoms with Gasteiger partial charge >= 0.3 is 6.03 Å². The summed E-state index contributed by atoms with van der Waals surface area (Å²) in [6.45, 7) is 1.06. The Morgan fingerprint density at radius 3 is 2.68 bits per heavy atom. The van der Waals surface area contributed by atoms with Crippen LogP contribution in [0.1, 0.15) is 43.0 Å². The maximum absolute atomic E-state index is 12.1. The molecule has 0 bridgehead atoms. The second-order valence-corrected chi connectivity index (χ2v) is 8.17. The lowest BCUT2D eigenvalue weighted by molar-refractivity contribution is 0.240. The van der Waals surface area contributed by atoms with Gasteiger partial charge in [-0.25, -0.2) is 4.79 Å². The Labute approximate surface area is 169 Å². The van der Waals surface area contributed by atoms with Crippen molar-refractivity contribution in [2.45, 2.75) is 44.7 Å². The summed E-state index contributed by atoms with van der Waals surface area (Å²) in [5, 5.41) is 12.8. The van der Waals surface area contributed by atoms with Crippen LogP contribution in [0.2, 0.25) is 0 Å². The molecule has 4 rings (SSSR count). The lowest BCUT2D eigenvalue weighted by Gasteiger charge is -2.13. The fourth-order valence-electron chi connectivity index (χ4n) is 3.77. The lowest BCUT2D eigenvalue weighted by atomic mass is 10.1. The molecule has 0 spiro atoms. The summed E-state index contributed by atoms with van der Waals surface area (Å²) < 4.78 is 2.18. The molecule has 2 amide bonds. The van der Waals surface area contributed by atoms with E-state index < -0.39 is 0 Å². The number of amides is 2. The minimum Gasteiger partial charge on any atom is -0.338 e. The summed E-state index contributed by atoms with van der Waals surface area (Å²) in [5.74, 6) is 0. The van der Waals surface area contributed by atoms with Gasteiger partial charge in [0, 0.05) is 6.54 Å². The maximum Gasteiger partial charge on any atom is 0.315 e. The highest BCUT2D eigenvalue weighted by Crippen LogP contribution is 2.35. The average Bonchev–Trinajstić information content (AvgIpc) is 3.48. The third kappa shape index (κ3) is 4.62. The third-order valence-electron chi connectivity index (χ3n) is 5.20. The fraction of sp³-hybridized carbons (Fsp3) is 0.364. The van der Waals surface area contributed by atoms with E-state index in [4.69, 9.17) is 5.10 Å². The smallest absolute Gasteiger partial charge is 0.315 e. The van der Waals surface area contributed by atoms with E-state index in [0.29, 0.717) is 19.1 Å². The second-order valence-electron chi connectivity index (χ2n) is 7.23. The van der Waals surface area contributed by atoms with E-state index in [0.717, 1.165) is 12.1 Å². The van der Waals surface area contributed by atoms with Crippen LogP contribution in [0.3, 0.4) is 0 Å². The van der Waals surface area contributed by atoms with Gasteiger partial charge in [-0.05, 0) is 42.3 Å². The Bertz CT molecular complexity index is 883. The van der Waals surface area contributed by atoms with Crippen LogP contribution in [0.5, 0.6) is 0 Å². The van der Waals surface area contributed by atoms with Crippen LogP contribution in [0.4, 0.5) is 4.79 Å². The van der Waals surface area contributed by atoms with Crippen LogP contribution >= 0.6 is 11.3 Å². The van der Waals surface area contributed by atoms with Crippen molar-refractivity contribution in [3.05, 3.63) is 65.2 Å². The zero-order valence-electron chi connectivity index (χ0n) is 15.9. The highest BCUT2D eigenvalue weighted by Gasteiger charge is 2.22. The minimum atomic E-state index is -0.149. The van der Waals surface area contributed by atoms with E-state index in [1.54, 1.807) is 11.3 Å². The van der Waals surface area contributed by atoms with Crippen molar-refractivity contribution in [3.8, 4) is 10.6 Å². The van der Waals surface area contributed by atoms with Crippen molar-refractivity contribution < 1.29 is 4.79 Å². The van der Waals surface area contributed by atoms with E-state index in [9.17, 15) is 4.79 Å². The van der Waals surface area contributed by atoms with Gasteiger partial charge in [0.2, 0.25) is 0 Å². The highest BCUT2D eigenvalue weighted by molar-refractivity contribution is 7.13.